The van der Waals surface area contributed by atoms with Crippen LogP contribution in [0.3, 0.4) is 0 Å². The van der Waals surface area contributed by atoms with Crippen molar-refractivity contribution in [1.82, 2.24) is 21.3 Å². The molecular formula is C22H41N5O9. The number of carbonyl (C=O) groups excluding carboxylic acids is 4. The van der Waals surface area contributed by atoms with E-state index in [0.29, 0.717) is 0 Å². The molecule has 0 aromatic rings. The summed E-state index contributed by atoms with van der Waals surface area (Å²) in [6.45, 7) is 11.2. The fraction of sp³-hybridized carbons (Fsp3) is 0.773. The van der Waals surface area contributed by atoms with Crippen LogP contribution >= 0.6 is 0 Å². The first-order chi connectivity index (χ1) is 16.3. The molecule has 0 saturated carbocycles. The number of carboxylic acids is 1. The summed E-state index contributed by atoms with van der Waals surface area (Å²) in [5.41, 5.74) is 4.42. The van der Waals surface area contributed by atoms with Crippen LogP contribution in [-0.4, -0.2) is 88.7 Å². The summed E-state index contributed by atoms with van der Waals surface area (Å²) in [4.78, 5) is 60.2. The summed E-state index contributed by atoms with van der Waals surface area (Å²) < 4.78 is 10.2. The molecule has 0 aromatic carbocycles. The molecule has 0 aliphatic heterocycles. The van der Waals surface area contributed by atoms with Crippen LogP contribution in [-0.2, 0) is 23.9 Å². The number of hydrogen-bond acceptors (Lipinski definition) is 9. The van der Waals surface area contributed by atoms with Crippen molar-refractivity contribution in [3.8, 4) is 0 Å². The van der Waals surface area contributed by atoms with E-state index in [1.54, 1.807) is 41.5 Å². The number of amides is 4. The number of carbonyl (C=O) groups is 5. The van der Waals surface area contributed by atoms with Crippen LogP contribution in [0.4, 0.5) is 9.59 Å². The van der Waals surface area contributed by atoms with Gasteiger partial charge < -0.3 is 46.7 Å². The second-order valence-electron chi connectivity index (χ2n) is 10.2. The Morgan fingerprint density at radius 1 is 0.806 bits per heavy atom. The minimum atomic E-state index is -1.62. The maximum absolute atomic E-state index is 12.7. The number of carboxylic acid groups (broad SMARTS) is 1. The summed E-state index contributed by atoms with van der Waals surface area (Å²) in [6, 6.07) is -4.04. The standard InChI is InChI=1S/C22H41N5O9/c1-12(28)15(18(31)32)27-17(30)14(9-11-25-20(34)36-22(5,6)7)26-16(29)13(23)8-10-24-19(33)35-21(2,3)4/h12-15,28H,8-11,23H2,1-7H3,(H,24,33)(H,25,34)(H,26,29)(H,27,30)(H,31,32)/t12-,13+,14+,15+/m1/s1. The van der Waals surface area contributed by atoms with Gasteiger partial charge in [0.1, 0.15) is 17.2 Å². The number of nitrogens with one attached hydrogen (secondary N) is 4. The van der Waals surface area contributed by atoms with Crippen molar-refractivity contribution in [3.05, 3.63) is 0 Å². The molecule has 14 nitrogen and oxygen atoms in total. The summed E-state index contributed by atoms with van der Waals surface area (Å²) in [5, 5.41) is 28.3. The number of aliphatic carboxylic acids is 1. The lowest BCUT2D eigenvalue weighted by Gasteiger charge is -2.24. The molecule has 0 bridgehead atoms. The summed E-state index contributed by atoms with van der Waals surface area (Å²) >= 11 is 0. The Bertz CT molecular complexity index is 775. The van der Waals surface area contributed by atoms with Gasteiger partial charge in [-0.2, -0.15) is 0 Å². The SMILES string of the molecule is C[C@@H](O)[C@H](NC(=O)[C@H](CCNC(=O)OC(C)(C)C)NC(=O)[C@@H](N)CCNC(=O)OC(C)(C)C)C(=O)O. The van der Waals surface area contributed by atoms with Crippen LogP contribution in [0, 0.1) is 0 Å². The Balaban J connectivity index is 5.13. The minimum Gasteiger partial charge on any atom is -0.480 e. The van der Waals surface area contributed by atoms with Gasteiger partial charge in [-0.15, -0.1) is 0 Å². The van der Waals surface area contributed by atoms with Crippen LogP contribution in [0.5, 0.6) is 0 Å². The van der Waals surface area contributed by atoms with Gasteiger partial charge in [0.2, 0.25) is 11.8 Å². The first-order valence-corrected chi connectivity index (χ1v) is 11.5. The molecule has 0 aromatic heterocycles. The fourth-order valence-corrected chi connectivity index (χ4v) is 2.60. The number of aliphatic hydroxyl groups excluding tert-OH is 1. The van der Waals surface area contributed by atoms with E-state index in [1.807, 2.05) is 0 Å². The van der Waals surface area contributed by atoms with Gasteiger partial charge in [-0.25, -0.2) is 14.4 Å². The van der Waals surface area contributed by atoms with E-state index < -0.39 is 65.4 Å². The largest absolute Gasteiger partial charge is 0.480 e. The van der Waals surface area contributed by atoms with E-state index in [2.05, 4.69) is 21.3 Å². The number of rotatable bonds is 12. The number of alkyl carbamates (subject to hydrolysis) is 2. The molecule has 4 atom stereocenters. The third-order valence-corrected chi connectivity index (χ3v) is 4.24. The Hall–Kier alpha value is -3.13. The molecule has 36 heavy (non-hydrogen) atoms. The van der Waals surface area contributed by atoms with Crippen molar-refractivity contribution in [2.75, 3.05) is 13.1 Å². The Morgan fingerprint density at radius 3 is 1.64 bits per heavy atom. The molecule has 0 aliphatic carbocycles. The summed E-state index contributed by atoms with van der Waals surface area (Å²) in [7, 11) is 0. The van der Waals surface area contributed by atoms with Crippen LogP contribution in [0.15, 0.2) is 0 Å². The van der Waals surface area contributed by atoms with Gasteiger partial charge in [-0.05, 0) is 61.3 Å². The highest BCUT2D eigenvalue weighted by molar-refractivity contribution is 5.92. The molecule has 4 amide bonds. The highest BCUT2D eigenvalue weighted by Gasteiger charge is 2.30. The molecule has 208 valence electrons. The second-order valence-corrected chi connectivity index (χ2v) is 10.2. The average molecular weight is 520 g/mol. The van der Waals surface area contributed by atoms with E-state index in [1.165, 1.54) is 6.92 Å². The van der Waals surface area contributed by atoms with Crippen LogP contribution < -0.4 is 27.0 Å². The molecule has 0 rings (SSSR count). The van der Waals surface area contributed by atoms with Crippen molar-refractivity contribution in [3.63, 3.8) is 0 Å². The fourth-order valence-electron chi connectivity index (χ4n) is 2.60. The molecule has 0 spiro atoms. The van der Waals surface area contributed by atoms with Crippen molar-refractivity contribution < 1.29 is 43.7 Å². The predicted octanol–water partition coefficient (Wildman–Crippen LogP) is -0.422. The Morgan fingerprint density at radius 2 is 1.25 bits per heavy atom. The monoisotopic (exact) mass is 519 g/mol. The zero-order chi connectivity index (χ0) is 28.3. The van der Waals surface area contributed by atoms with Crippen LogP contribution in [0.25, 0.3) is 0 Å². The van der Waals surface area contributed by atoms with Gasteiger partial charge in [-0.3, -0.25) is 9.59 Å². The van der Waals surface area contributed by atoms with E-state index in [0.717, 1.165) is 0 Å². The highest BCUT2D eigenvalue weighted by Crippen LogP contribution is 2.07. The summed E-state index contributed by atoms with van der Waals surface area (Å²) in [6.07, 6.45) is -2.96. The third-order valence-electron chi connectivity index (χ3n) is 4.24. The highest BCUT2D eigenvalue weighted by atomic mass is 16.6. The van der Waals surface area contributed by atoms with Gasteiger partial charge in [0.05, 0.1) is 12.1 Å². The first kappa shape index (κ1) is 32.9. The average Bonchev–Trinajstić information content (AvgIpc) is 2.67. The Labute approximate surface area is 211 Å². The maximum Gasteiger partial charge on any atom is 0.407 e. The smallest absolute Gasteiger partial charge is 0.407 e. The van der Waals surface area contributed by atoms with E-state index in [-0.39, 0.29) is 25.9 Å². The molecule has 0 aliphatic rings. The lowest BCUT2D eigenvalue weighted by atomic mass is 10.1. The molecule has 0 fully saturated rings. The minimum absolute atomic E-state index is 0.0149. The molecule has 8 N–H and O–H groups in total. The number of hydrogen-bond donors (Lipinski definition) is 7. The molecular weight excluding hydrogens is 478 g/mol. The quantitative estimate of drug-likeness (QED) is 0.176. The van der Waals surface area contributed by atoms with Crippen molar-refractivity contribution >= 4 is 30.0 Å². The second kappa shape index (κ2) is 14.4. The topological polar surface area (TPSA) is 218 Å². The van der Waals surface area contributed by atoms with Gasteiger partial charge in [-0.1, -0.05) is 0 Å². The lowest BCUT2D eigenvalue weighted by Crippen LogP contribution is -2.57. The van der Waals surface area contributed by atoms with Crippen LogP contribution in [0.1, 0.15) is 61.3 Å². The number of aliphatic hydroxyl groups is 1. The molecule has 0 unspecified atom stereocenters. The molecule has 0 heterocycles. The molecule has 0 radical (unpaired) electrons. The summed E-state index contributed by atoms with van der Waals surface area (Å²) in [5.74, 6) is -3.12. The zero-order valence-corrected chi connectivity index (χ0v) is 22.0. The van der Waals surface area contributed by atoms with Crippen LogP contribution in [0.2, 0.25) is 0 Å². The molecule has 0 saturated heterocycles. The van der Waals surface area contributed by atoms with Gasteiger partial charge in [0.25, 0.3) is 0 Å². The lowest BCUT2D eigenvalue weighted by molar-refractivity contribution is -0.145. The van der Waals surface area contributed by atoms with E-state index in [9.17, 15) is 34.2 Å². The van der Waals surface area contributed by atoms with Gasteiger partial charge >= 0.3 is 18.2 Å². The third kappa shape index (κ3) is 15.0. The van der Waals surface area contributed by atoms with Gasteiger partial charge in [0, 0.05) is 13.1 Å². The predicted molar refractivity (Wildman–Crippen MR) is 129 cm³/mol. The number of nitrogens with two attached hydrogens (primary N) is 1. The normalized spacial score (nSPS) is 14.9. The van der Waals surface area contributed by atoms with E-state index in [4.69, 9.17) is 15.2 Å². The first-order valence-electron chi connectivity index (χ1n) is 11.5. The maximum atomic E-state index is 12.7. The van der Waals surface area contributed by atoms with E-state index >= 15 is 0 Å². The molecule has 14 heteroatoms. The Kier molecular flexibility index (Phi) is 13.2. The van der Waals surface area contributed by atoms with Crippen molar-refractivity contribution in [2.45, 2.75) is 96.7 Å². The zero-order valence-electron chi connectivity index (χ0n) is 22.0. The van der Waals surface area contributed by atoms with Gasteiger partial charge in [0.15, 0.2) is 6.04 Å². The van der Waals surface area contributed by atoms with Crippen molar-refractivity contribution in [1.29, 1.82) is 0 Å². The number of ether oxygens (including phenoxy) is 2. The van der Waals surface area contributed by atoms with Crippen molar-refractivity contribution in [2.24, 2.45) is 5.73 Å².